The first-order chi connectivity index (χ1) is 15.9. The third kappa shape index (κ3) is 7.31. The van der Waals surface area contributed by atoms with Gasteiger partial charge in [-0.2, -0.15) is 39.5 Å². The summed E-state index contributed by atoms with van der Waals surface area (Å²) in [6.45, 7) is 3.18. The molecule has 0 saturated carbocycles. The molecule has 0 spiro atoms. The van der Waals surface area contributed by atoms with Gasteiger partial charge in [0.05, 0.1) is 20.7 Å². The third-order valence-corrected chi connectivity index (χ3v) is 6.61. The summed E-state index contributed by atoms with van der Waals surface area (Å²) in [7, 11) is 0.623. The van der Waals surface area contributed by atoms with Gasteiger partial charge in [-0.15, -0.1) is 0 Å². The molecule has 35 heavy (non-hydrogen) atoms. The van der Waals surface area contributed by atoms with Crippen molar-refractivity contribution in [3.8, 4) is 0 Å². The first kappa shape index (κ1) is 30.3. The SMILES string of the molecule is C/C(=C\C(=C/C(C)C(F)(F)F)C(OSI)(c1cc(C)cc(C(F)(F)F)c1)C1CCCN1)C(F)(F)F. The van der Waals surface area contributed by atoms with Crippen LogP contribution in [0.1, 0.15) is 43.4 Å². The number of allylic oxidation sites excluding steroid dienone is 2. The van der Waals surface area contributed by atoms with E-state index in [2.05, 4.69) is 5.32 Å². The zero-order valence-electron chi connectivity index (χ0n) is 18.8. The van der Waals surface area contributed by atoms with Crippen molar-refractivity contribution >= 4 is 30.4 Å². The second-order valence-corrected chi connectivity index (χ2v) is 9.77. The van der Waals surface area contributed by atoms with Crippen LogP contribution in [-0.2, 0) is 16.0 Å². The average Bonchev–Trinajstić information content (AvgIpc) is 3.24. The number of hydrogen-bond donors (Lipinski definition) is 1. The van der Waals surface area contributed by atoms with Crippen molar-refractivity contribution in [2.75, 3.05) is 6.54 Å². The lowest BCUT2D eigenvalue weighted by Gasteiger charge is -2.40. The van der Waals surface area contributed by atoms with Crippen LogP contribution in [0.2, 0.25) is 0 Å². The molecule has 1 aromatic carbocycles. The van der Waals surface area contributed by atoms with Crippen molar-refractivity contribution in [2.45, 2.75) is 63.8 Å². The molecule has 2 rings (SSSR count). The van der Waals surface area contributed by atoms with Crippen molar-refractivity contribution in [2.24, 2.45) is 5.92 Å². The maximum absolute atomic E-state index is 13.6. The normalized spacial score (nSPS) is 21.2. The predicted molar refractivity (Wildman–Crippen MR) is 125 cm³/mol. The lowest BCUT2D eigenvalue weighted by molar-refractivity contribution is -0.156. The standard InChI is InChI=1S/C22H23F9INOS/c1-12-7-15(11-17(8-12)22(29,30)31)19(34-35-32,18-5-4-6-33-18)16(9-13(2)20(23,24)25)10-14(3)21(26,27)28/h7-11,13,18,33H,4-6H2,1-3H3/b14-10+,16-9+. The molecule has 2 nitrogen and oxygen atoms in total. The molecule has 0 amide bonds. The van der Waals surface area contributed by atoms with Gasteiger partial charge in [0, 0.05) is 32.8 Å². The number of aryl methyl sites for hydroxylation is 1. The van der Waals surface area contributed by atoms with Crippen molar-refractivity contribution in [1.82, 2.24) is 5.32 Å². The Bertz CT molecular complexity index is 950. The molecule has 0 radical (unpaired) electrons. The predicted octanol–water partition coefficient (Wildman–Crippen LogP) is 8.61. The quantitative estimate of drug-likeness (QED) is 0.139. The van der Waals surface area contributed by atoms with Crippen LogP contribution >= 0.6 is 30.4 Å². The summed E-state index contributed by atoms with van der Waals surface area (Å²) in [4.78, 5) is 0. The lowest BCUT2D eigenvalue weighted by atomic mass is 9.76. The molecule has 1 saturated heterocycles. The first-order valence-corrected chi connectivity index (χ1v) is 13.6. The molecule has 198 valence electrons. The summed E-state index contributed by atoms with van der Waals surface area (Å²) in [5.41, 5.74) is -4.98. The van der Waals surface area contributed by atoms with E-state index in [4.69, 9.17) is 4.18 Å². The molecule has 13 heteroatoms. The van der Waals surface area contributed by atoms with Crippen LogP contribution in [-0.4, -0.2) is 24.9 Å². The molecule has 1 aromatic rings. The zero-order valence-corrected chi connectivity index (χ0v) is 21.7. The fraction of sp³-hybridized carbons (Fsp3) is 0.545. The highest BCUT2D eigenvalue weighted by Crippen LogP contribution is 2.48. The van der Waals surface area contributed by atoms with Gasteiger partial charge < -0.3 is 5.32 Å². The second kappa shape index (κ2) is 11.2. The second-order valence-electron chi connectivity index (χ2n) is 8.39. The van der Waals surface area contributed by atoms with E-state index in [0.717, 1.165) is 19.1 Å². The summed E-state index contributed by atoms with van der Waals surface area (Å²) >= 11 is 1.64. The maximum atomic E-state index is 13.6. The zero-order chi connectivity index (χ0) is 26.8. The number of alkyl halides is 9. The molecule has 1 fully saturated rings. The Balaban J connectivity index is 2.99. The Morgan fingerprint density at radius 2 is 1.69 bits per heavy atom. The molecule has 0 bridgehead atoms. The van der Waals surface area contributed by atoms with E-state index in [1.807, 2.05) is 0 Å². The summed E-state index contributed by atoms with van der Waals surface area (Å²) in [6, 6.07) is 1.98. The summed E-state index contributed by atoms with van der Waals surface area (Å²) in [5, 5.41) is 3.01. The van der Waals surface area contributed by atoms with E-state index in [1.165, 1.54) is 13.0 Å². The van der Waals surface area contributed by atoms with E-state index in [9.17, 15) is 39.5 Å². The summed E-state index contributed by atoms with van der Waals surface area (Å²) in [5.74, 6) is -2.20. The minimum atomic E-state index is -4.88. The van der Waals surface area contributed by atoms with Gasteiger partial charge in [-0.25, -0.2) is 0 Å². The van der Waals surface area contributed by atoms with Gasteiger partial charge in [0.1, 0.15) is 5.60 Å². The highest BCUT2D eigenvalue weighted by Gasteiger charge is 2.49. The van der Waals surface area contributed by atoms with Crippen LogP contribution in [0.25, 0.3) is 0 Å². The van der Waals surface area contributed by atoms with Crippen LogP contribution in [0, 0.1) is 12.8 Å². The summed E-state index contributed by atoms with van der Waals surface area (Å²) < 4.78 is 128. The number of rotatable bonds is 7. The fourth-order valence-electron chi connectivity index (χ4n) is 3.92. The molecule has 0 aliphatic carbocycles. The van der Waals surface area contributed by atoms with Gasteiger partial charge in [-0.05, 0) is 62.6 Å². The van der Waals surface area contributed by atoms with Crippen LogP contribution in [0.5, 0.6) is 0 Å². The Morgan fingerprint density at radius 3 is 2.14 bits per heavy atom. The Hall–Kier alpha value is -0.930. The molecular weight excluding hydrogens is 624 g/mol. The molecule has 1 aliphatic heterocycles. The molecule has 1 aliphatic rings. The molecular formula is C22H23F9INOS. The Kier molecular flexibility index (Phi) is 9.71. The Labute approximate surface area is 213 Å². The van der Waals surface area contributed by atoms with E-state index in [-0.39, 0.29) is 17.5 Å². The largest absolute Gasteiger partial charge is 0.416 e. The topological polar surface area (TPSA) is 21.3 Å². The molecule has 1 heterocycles. The van der Waals surface area contributed by atoms with Gasteiger partial charge in [0.25, 0.3) is 0 Å². The van der Waals surface area contributed by atoms with E-state index < -0.39 is 52.8 Å². The number of benzene rings is 1. The molecule has 3 atom stereocenters. The van der Waals surface area contributed by atoms with E-state index >= 15 is 0 Å². The van der Waals surface area contributed by atoms with Crippen molar-refractivity contribution in [1.29, 1.82) is 0 Å². The maximum Gasteiger partial charge on any atom is 0.416 e. The number of nitrogens with one attached hydrogen (secondary N) is 1. The monoisotopic (exact) mass is 647 g/mol. The van der Waals surface area contributed by atoms with Crippen LogP contribution in [0.15, 0.2) is 41.5 Å². The Morgan fingerprint density at radius 1 is 1.09 bits per heavy atom. The minimum Gasteiger partial charge on any atom is -0.311 e. The van der Waals surface area contributed by atoms with E-state index in [1.54, 1.807) is 21.2 Å². The van der Waals surface area contributed by atoms with Gasteiger partial charge >= 0.3 is 18.5 Å². The smallest absolute Gasteiger partial charge is 0.311 e. The number of hydrogen-bond acceptors (Lipinski definition) is 3. The van der Waals surface area contributed by atoms with Gasteiger partial charge in [0.2, 0.25) is 0 Å². The molecule has 1 N–H and O–H groups in total. The van der Waals surface area contributed by atoms with Gasteiger partial charge in [-0.3, -0.25) is 4.18 Å². The average molecular weight is 647 g/mol. The van der Waals surface area contributed by atoms with Crippen molar-refractivity contribution < 1.29 is 43.7 Å². The van der Waals surface area contributed by atoms with E-state index in [0.29, 0.717) is 41.3 Å². The van der Waals surface area contributed by atoms with Crippen LogP contribution in [0.4, 0.5) is 39.5 Å². The summed E-state index contributed by atoms with van der Waals surface area (Å²) in [6.07, 6.45) is -12.6. The van der Waals surface area contributed by atoms with Crippen molar-refractivity contribution in [3.63, 3.8) is 0 Å². The van der Waals surface area contributed by atoms with Crippen molar-refractivity contribution in [3.05, 3.63) is 58.2 Å². The first-order valence-electron chi connectivity index (χ1n) is 10.4. The van der Waals surface area contributed by atoms with Gasteiger partial charge in [0.15, 0.2) is 0 Å². The number of halogens is 10. The lowest BCUT2D eigenvalue weighted by Crippen LogP contribution is -2.48. The highest BCUT2D eigenvalue weighted by molar-refractivity contribution is 14.2. The molecule has 3 unspecified atom stereocenters. The van der Waals surface area contributed by atoms with Crippen LogP contribution < -0.4 is 5.32 Å². The van der Waals surface area contributed by atoms with Crippen LogP contribution in [0.3, 0.4) is 0 Å². The minimum absolute atomic E-state index is 0.124. The fourth-order valence-corrected chi connectivity index (χ4v) is 5.18. The molecule has 0 aromatic heterocycles. The third-order valence-electron chi connectivity index (χ3n) is 5.74. The highest BCUT2D eigenvalue weighted by atomic mass is 127. The van der Waals surface area contributed by atoms with Gasteiger partial charge in [-0.1, -0.05) is 24.6 Å².